The lowest BCUT2D eigenvalue weighted by atomic mass is 9.99. The zero-order valence-electron chi connectivity index (χ0n) is 10.3. The molecular formula is C11H22O7. The number of ether oxygens (including phenoxy) is 2. The highest BCUT2D eigenvalue weighted by molar-refractivity contribution is 4.88. The maximum atomic E-state index is 9.64. The second-order valence-electron chi connectivity index (χ2n) is 4.56. The molecule has 1 saturated heterocycles. The maximum Gasteiger partial charge on any atom is 0.186 e. The van der Waals surface area contributed by atoms with E-state index in [1.165, 1.54) is 0 Å². The molecule has 18 heavy (non-hydrogen) atoms. The van der Waals surface area contributed by atoms with Crippen LogP contribution in [0.5, 0.6) is 0 Å². The molecule has 7 nitrogen and oxygen atoms in total. The Kier molecular flexibility index (Phi) is 6.44. The number of aliphatic hydroxyl groups excluding tert-OH is 5. The summed E-state index contributed by atoms with van der Waals surface area (Å²) in [6.45, 7) is 1.43. The van der Waals surface area contributed by atoms with Crippen LogP contribution in [-0.2, 0) is 9.47 Å². The summed E-state index contributed by atoms with van der Waals surface area (Å²) in [6.07, 6.45) is -5.50. The number of hydrogen-bond donors (Lipinski definition) is 5. The van der Waals surface area contributed by atoms with Crippen LogP contribution < -0.4 is 0 Å². The summed E-state index contributed by atoms with van der Waals surface area (Å²) in [5, 5.41) is 46.7. The Morgan fingerprint density at radius 3 is 2.39 bits per heavy atom. The van der Waals surface area contributed by atoms with Gasteiger partial charge in [0.2, 0.25) is 0 Å². The van der Waals surface area contributed by atoms with E-state index < -0.39 is 43.4 Å². The molecule has 5 N–H and O–H groups in total. The Hall–Kier alpha value is -0.280. The van der Waals surface area contributed by atoms with E-state index in [0.717, 1.165) is 0 Å². The van der Waals surface area contributed by atoms with Crippen molar-refractivity contribution in [3.05, 3.63) is 0 Å². The molecule has 6 atom stereocenters. The van der Waals surface area contributed by atoms with Crippen LogP contribution in [0.4, 0.5) is 0 Å². The molecule has 0 bridgehead atoms. The first-order valence-electron chi connectivity index (χ1n) is 6.07. The van der Waals surface area contributed by atoms with Gasteiger partial charge in [0.05, 0.1) is 12.7 Å². The van der Waals surface area contributed by atoms with Crippen molar-refractivity contribution in [2.45, 2.75) is 56.6 Å². The molecule has 0 amide bonds. The lowest BCUT2D eigenvalue weighted by Crippen LogP contribution is -2.59. The van der Waals surface area contributed by atoms with E-state index >= 15 is 0 Å². The van der Waals surface area contributed by atoms with Gasteiger partial charge in [-0.15, -0.1) is 0 Å². The summed E-state index contributed by atoms with van der Waals surface area (Å²) in [5.41, 5.74) is 0. The fourth-order valence-electron chi connectivity index (χ4n) is 1.78. The third-order valence-electron chi connectivity index (χ3n) is 2.90. The molecule has 7 heteroatoms. The molecule has 1 rings (SSSR count). The minimum atomic E-state index is -1.42. The van der Waals surface area contributed by atoms with Gasteiger partial charge in [-0.2, -0.15) is 0 Å². The molecule has 1 aliphatic rings. The second-order valence-corrected chi connectivity index (χ2v) is 4.56. The highest BCUT2D eigenvalue weighted by Crippen LogP contribution is 2.22. The molecule has 0 aliphatic carbocycles. The first-order valence-corrected chi connectivity index (χ1v) is 6.07. The predicted octanol–water partition coefficient (Wildman–Crippen LogP) is -2.04. The Bertz CT molecular complexity index is 233. The molecule has 1 fully saturated rings. The normalized spacial score (nSPS) is 38.7. The molecule has 0 saturated carbocycles. The second kappa shape index (κ2) is 7.34. The predicted molar refractivity (Wildman–Crippen MR) is 60.6 cm³/mol. The SMILES string of the molecule is CC(O)CCCO[C@@H]1O[C@H](CO)[C@H](O)[C@H](O)[C@H]1O. The first kappa shape index (κ1) is 15.8. The third kappa shape index (κ3) is 4.13. The molecule has 0 aromatic rings. The standard InChI is InChI=1S/C11H22O7/c1-6(13)3-2-4-17-11-10(16)9(15)8(14)7(5-12)18-11/h6-16H,2-5H2,1H3/t6?,7-,8+,9+,10-,11-/m1/s1. The van der Waals surface area contributed by atoms with Gasteiger partial charge in [-0.05, 0) is 19.8 Å². The largest absolute Gasteiger partial charge is 0.394 e. The van der Waals surface area contributed by atoms with Crippen molar-refractivity contribution in [2.24, 2.45) is 0 Å². The lowest BCUT2D eigenvalue weighted by molar-refractivity contribution is -0.301. The topological polar surface area (TPSA) is 120 Å². The molecule has 0 aromatic heterocycles. The summed E-state index contributed by atoms with van der Waals surface area (Å²) in [7, 11) is 0. The van der Waals surface area contributed by atoms with Crippen molar-refractivity contribution in [2.75, 3.05) is 13.2 Å². The zero-order valence-corrected chi connectivity index (χ0v) is 10.3. The minimum absolute atomic E-state index is 0.244. The molecule has 1 aliphatic heterocycles. The van der Waals surface area contributed by atoms with Crippen molar-refractivity contribution in [3.63, 3.8) is 0 Å². The van der Waals surface area contributed by atoms with E-state index in [4.69, 9.17) is 19.7 Å². The van der Waals surface area contributed by atoms with Gasteiger partial charge in [0.1, 0.15) is 24.4 Å². The van der Waals surface area contributed by atoms with Gasteiger partial charge in [-0.3, -0.25) is 0 Å². The highest BCUT2D eigenvalue weighted by Gasteiger charge is 2.43. The van der Waals surface area contributed by atoms with Crippen LogP contribution in [-0.4, -0.2) is 75.6 Å². The average Bonchev–Trinajstić information content (AvgIpc) is 2.34. The third-order valence-corrected chi connectivity index (χ3v) is 2.90. The van der Waals surface area contributed by atoms with E-state index in [2.05, 4.69) is 0 Å². The smallest absolute Gasteiger partial charge is 0.186 e. The van der Waals surface area contributed by atoms with Crippen LogP contribution in [0.25, 0.3) is 0 Å². The Morgan fingerprint density at radius 2 is 1.83 bits per heavy atom. The first-order chi connectivity index (χ1) is 8.47. The molecule has 1 unspecified atom stereocenters. The summed E-state index contributed by atoms with van der Waals surface area (Å²) in [6, 6.07) is 0. The van der Waals surface area contributed by atoms with Crippen molar-refractivity contribution in [3.8, 4) is 0 Å². The fraction of sp³-hybridized carbons (Fsp3) is 1.00. The summed E-state index contributed by atoms with van der Waals surface area (Å²) >= 11 is 0. The van der Waals surface area contributed by atoms with Crippen LogP contribution in [0.2, 0.25) is 0 Å². The summed E-state index contributed by atoms with van der Waals surface area (Å²) in [4.78, 5) is 0. The van der Waals surface area contributed by atoms with Crippen molar-refractivity contribution in [1.29, 1.82) is 0 Å². The van der Waals surface area contributed by atoms with Crippen LogP contribution in [0.3, 0.4) is 0 Å². The minimum Gasteiger partial charge on any atom is -0.394 e. The lowest BCUT2D eigenvalue weighted by Gasteiger charge is -2.39. The van der Waals surface area contributed by atoms with E-state index in [9.17, 15) is 15.3 Å². The number of rotatable bonds is 6. The maximum absolute atomic E-state index is 9.64. The van der Waals surface area contributed by atoms with Gasteiger partial charge >= 0.3 is 0 Å². The van der Waals surface area contributed by atoms with Crippen molar-refractivity contribution in [1.82, 2.24) is 0 Å². The molecule has 0 aromatic carbocycles. The Morgan fingerprint density at radius 1 is 1.17 bits per heavy atom. The van der Waals surface area contributed by atoms with Gasteiger partial charge in [-0.1, -0.05) is 0 Å². The van der Waals surface area contributed by atoms with Gasteiger partial charge in [0.15, 0.2) is 6.29 Å². The zero-order chi connectivity index (χ0) is 13.7. The number of aliphatic hydroxyl groups is 5. The average molecular weight is 266 g/mol. The monoisotopic (exact) mass is 266 g/mol. The van der Waals surface area contributed by atoms with Crippen molar-refractivity contribution >= 4 is 0 Å². The summed E-state index contributed by atoms with van der Waals surface area (Å²) < 4.78 is 10.4. The van der Waals surface area contributed by atoms with Gasteiger partial charge in [-0.25, -0.2) is 0 Å². The van der Waals surface area contributed by atoms with Crippen molar-refractivity contribution < 1.29 is 35.0 Å². The molecule has 1 heterocycles. The van der Waals surface area contributed by atoms with Crippen LogP contribution >= 0.6 is 0 Å². The molecule has 0 radical (unpaired) electrons. The summed E-state index contributed by atoms with van der Waals surface area (Å²) in [5.74, 6) is 0. The van der Waals surface area contributed by atoms with Gasteiger partial charge in [0.25, 0.3) is 0 Å². The van der Waals surface area contributed by atoms with Crippen LogP contribution in [0.1, 0.15) is 19.8 Å². The van der Waals surface area contributed by atoms with Gasteiger partial charge in [0, 0.05) is 6.61 Å². The van der Waals surface area contributed by atoms with E-state index in [-0.39, 0.29) is 6.61 Å². The quantitative estimate of drug-likeness (QED) is 0.351. The highest BCUT2D eigenvalue weighted by atomic mass is 16.7. The van der Waals surface area contributed by atoms with E-state index in [1.807, 2.05) is 0 Å². The number of hydrogen-bond acceptors (Lipinski definition) is 7. The molecule has 108 valence electrons. The van der Waals surface area contributed by atoms with E-state index in [1.54, 1.807) is 6.92 Å². The van der Waals surface area contributed by atoms with Crippen LogP contribution in [0.15, 0.2) is 0 Å². The molecule has 0 spiro atoms. The van der Waals surface area contributed by atoms with E-state index in [0.29, 0.717) is 12.8 Å². The molecular weight excluding hydrogens is 244 g/mol. The van der Waals surface area contributed by atoms with Crippen LogP contribution in [0, 0.1) is 0 Å². The fourth-order valence-corrected chi connectivity index (χ4v) is 1.78. The Labute approximate surface area is 106 Å². The Balaban J connectivity index is 2.39. The van der Waals surface area contributed by atoms with Gasteiger partial charge < -0.3 is 35.0 Å².